The predicted octanol–water partition coefficient (Wildman–Crippen LogP) is 1.36. The molecule has 0 aromatic rings. The monoisotopic (exact) mass is 225 g/mol. The van der Waals surface area contributed by atoms with Gasteiger partial charge < -0.3 is 10.0 Å². The summed E-state index contributed by atoms with van der Waals surface area (Å²) in [7, 11) is 0. The maximum atomic E-state index is 12.1. The number of carbonyl (C=O) groups is 2. The first-order chi connectivity index (χ1) is 7.58. The lowest BCUT2D eigenvalue weighted by Crippen LogP contribution is -2.40. The number of hydrogen-bond donors (Lipinski definition) is 1. The summed E-state index contributed by atoms with van der Waals surface area (Å²) in [6.45, 7) is 2.44. The van der Waals surface area contributed by atoms with E-state index in [1.807, 2.05) is 6.92 Å². The maximum Gasteiger partial charge on any atom is 0.323 e. The van der Waals surface area contributed by atoms with Crippen LogP contribution in [0.2, 0.25) is 0 Å². The zero-order chi connectivity index (χ0) is 11.7. The summed E-state index contributed by atoms with van der Waals surface area (Å²) in [4.78, 5) is 24.4. The smallest absolute Gasteiger partial charge is 0.323 e. The topological polar surface area (TPSA) is 57.6 Å². The number of rotatable bonds is 6. The number of aliphatic carboxylic acids is 1. The SMILES string of the molecule is CC(C(=O)N(CC(=O)O)CC1CC1)C1CC1. The number of nitrogens with zero attached hydrogens (tertiary/aromatic N) is 1. The first kappa shape index (κ1) is 11.4. The molecule has 2 aliphatic rings. The van der Waals surface area contributed by atoms with Crippen molar-refractivity contribution in [3.8, 4) is 0 Å². The summed E-state index contributed by atoms with van der Waals surface area (Å²) >= 11 is 0. The van der Waals surface area contributed by atoms with Gasteiger partial charge in [-0.25, -0.2) is 0 Å². The first-order valence-corrected chi connectivity index (χ1v) is 6.08. The van der Waals surface area contributed by atoms with Gasteiger partial charge in [0.25, 0.3) is 0 Å². The van der Waals surface area contributed by atoms with Crippen LogP contribution in [-0.2, 0) is 9.59 Å². The van der Waals surface area contributed by atoms with Gasteiger partial charge >= 0.3 is 5.97 Å². The van der Waals surface area contributed by atoms with E-state index in [9.17, 15) is 9.59 Å². The summed E-state index contributed by atoms with van der Waals surface area (Å²) < 4.78 is 0. The van der Waals surface area contributed by atoms with Crippen molar-refractivity contribution in [2.45, 2.75) is 32.6 Å². The van der Waals surface area contributed by atoms with E-state index in [0.717, 1.165) is 25.7 Å². The highest BCUT2D eigenvalue weighted by atomic mass is 16.4. The number of hydrogen-bond acceptors (Lipinski definition) is 2. The van der Waals surface area contributed by atoms with Crippen molar-refractivity contribution in [3.63, 3.8) is 0 Å². The lowest BCUT2D eigenvalue weighted by molar-refractivity contribution is -0.146. The minimum Gasteiger partial charge on any atom is -0.480 e. The summed E-state index contributed by atoms with van der Waals surface area (Å²) in [5.74, 6) is 0.199. The highest BCUT2D eigenvalue weighted by molar-refractivity contribution is 5.83. The fraction of sp³-hybridized carbons (Fsp3) is 0.833. The minimum absolute atomic E-state index is 0.0121. The Balaban J connectivity index is 1.91. The van der Waals surface area contributed by atoms with Crippen LogP contribution >= 0.6 is 0 Å². The molecule has 1 atom stereocenters. The van der Waals surface area contributed by atoms with Crippen LogP contribution in [0, 0.1) is 17.8 Å². The van der Waals surface area contributed by atoms with E-state index in [0.29, 0.717) is 18.4 Å². The zero-order valence-corrected chi connectivity index (χ0v) is 9.69. The Morgan fingerprint density at radius 1 is 1.31 bits per heavy atom. The average molecular weight is 225 g/mol. The molecule has 1 amide bonds. The lowest BCUT2D eigenvalue weighted by atomic mass is 10.0. The fourth-order valence-corrected chi connectivity index (χ4v) is 2.09. The summed E-state index contributed by atoms with van der Waals surface area (Å²) in [6.07, 6.45) is 4.52. The third kappa shape index (κ3) is 2.97. The molecule has 0 radical (unpaired) electrons. The standard InChI is InChI=1S/C12H19NO3/c1-8(10-4-5-10)12(16)13(7-11(14)15)6-9-2-3-9/h8-10H,2-7H2,1H3,(H,14,15). The highest BCUT2D eigenvalue weighted by Crippen LogP contribution is 2.38. The van der Waals surface area contributed by atoms with Crippen molar-refractivity contribution in [2.75, 3.05) is 13.1 Å². The highest BCUT2D eigenvalue weighted by Gasteiger charge is 2.37. The van der Waals surface area contributed by atoms with E-state index in [-0.39, 0.29) is 18.4 Å². The van der Waals surface area contributed by atoms with Crippen molar-refractivity contribution in [2.24, 2.45) is 17.8 Å². The molecule has 4 heteroatoms. The van der Waals surface area contributed by atoms with Gasteiger partial charge in [0.2, 0.25) is 5.91 Å². The molecular formula is C12H19NO3. The van der Waals surface area contributed by atoms with Gasteiger partial charge in [-0.05, 0) is 37.5 Å². The van der Waals surface area contributed by atoms with E-state index in [4.69, 9.17) is 5.11 Å². The third-order valence-electron chi connectivity index (χ3n) is 3.53. The van der Waals surface area contributed by atoms with Crippen LogP contribution in [0.4, 0.5) is 0 Å². The Morgan fingerprint density at radius 2 is 1.94 bits per heavy atom. The Hall–Kier alpha value is -1.06. The predicted molar refractivity (Wildman–Crippen MR) is 58.8 cm³/mol. The van der Waals surface area contributed by atoms with Gasteiger partial charge in [-0.1, -0.05) is 6.92 Å². The number of carbonyl (C=O) groups excluding carboxylic acids is 1. The van der Waals surface area contributed by atoms with Gasteiger partial charge in [-0.2, -0.15) is 0 Å². The molecule has 0 aromatic heterocycles. The summed E-state index contributed by atoms with van der Waals surface area (Å²) in [5, 5.41) is 8.81. The van der Waals surface area contributed by atoms with Gasteiger partial charge in [0, 0.05) is 12.5 Å². The van der Waals surface area contributed by atoms with Crippen molar-refractivity contribution in [1.82, 2.24) is 4.90 Å². The minimum atomic E-state index is -0.906. The van der Waals surface area contributed by atoms with Crippen LogP contribution in [0.15, 0.2) is 0 Å². The van der Waals surface area contributed by atoms with Crippen LogP contribution < -0.4 is 0 Å². The fourth-order valence-electron chi connectivity index (χ4n) is 2.09. The van der Waals surface area contributed by atoms with E-state index in [1.165, 1.54) is 0 Å². The lowest BCUT2D eigenvalue weighted by Gasteiger charge is -2.24. The van der Waals surface area contributed by atoms with Crippen LogP contribution in [0.25, 0.3) is 0 Å². The molecule has 1 N–H and O–H groups in total. The molecule has 16 heavy (non-hydrogen) atoms. The summed E-state index contributed by atoms with van der Waals surface area (Å²) in [5.41, 5.74) is 0. The van der Waals surface area contributed by atoms with Gasteiger partial charge in [0.15, 0.2) is 0 Å². The van der Waals surface area contributed by atoms with Gasteiger partial charge in [-0.3, -0.25) is 9.59 Å². The summed E-state index contributed by atoms with van der Waals surface area (Å²) in [6, 6.07) is 0. The van der Waals surface area contributed by atoms with Crippen molar-refractivity contribution in [3.05, 3.63) is 0 Å². The van der Waals surface area contributed by atoms with Gasteiger partial charge in [0.1, 0.15) is 6.54 Å². The Morgan fingerprint density at radius 3 is 2.38 bits per heavy atom. The van der Waals surface area contributed by atoms with E-state index in [1.54, 1.807) is 4.90 Å². The molecule has 0 aliphatic heterocycles. The molecule has 0 spiro atoms. The van der Waals surface area contributed by atoms with Crippen molar-refractivity contribution in [1.29, 1.82) is 0 Å². The molecule has 0 heterocycles. The van der Waals surface area contributed by atoms with Gasteiger partial charge in [-0.15, -0.1) is 0 Å². The van der Waals surface area contributed by atoms with Gasteiger partial charge in [0.05, 0.1) is 0 Å². The second kappa shape index (κ2) is 4.44. The molecule has 1 unspecified atom stereocenters. The molecule has 2 saturated carbocycles. The quantitative estimate of drug-likeness (QED) is 0.742. The molecule has 4 nitrogen and oxygen atoms in total. The maximum absolute atomic E-state index is 12.1. The molecule has 2 rings (SSSR count). The third-order valence-corrected chi connectivity index (χ3v) is 3.53. The number of carboxylic acid groups (broad SMARTS) is 1. The molecule has 90 valence electrons. The largest absolute Gasteiger partial charge is 0.480 e. The Labute approximate surface area is 95.6 Å². The Kier molecular flexibility index (Phi) is 3.17. The molecule has 0 saturated heterocycles. The van der Waals surface area contributed by atoms with E-state index >= 15 is 0 Å². The van der Waals surface area contributed by atoms with Crippen LogP contribution in [0.3, 0.4) is 0 Å². The van der Waals surface area contributed by atoms with E-state index < -0.39 is 5.97 Å². The Bertz CT molecular complexity index is 295. The number of carboxylic acids is 1. The molecule has 0 aromatic carbocycles. The molecule has 0 bridgehead atoms. The second-order valence-electron chi connectivity index (χ2n) is 5.18. The molecular weight excluding hydrogens is 206 g/mol. The zero-order valence-electron chi connectivity index (χ0n) is 9.69. The number of amides is 1. The van der Waals surface area contributed by atoms with Crippen LogP contribution in [-0.4, -0.2) is 35.0 Å². The van der Waals surface area contributed by atoms with Crippen molar-refractivity contribution < 1.29 is 14.7 Å². The normalized spacial score (nSPS) is 21.6. The van der Waals surface area contributed by atoms with E-state index in [2.05, 4.69) is 0 Å². The van der Waals surface area contributed by atoms with Crippen LogP contribution in [0.1, 0.15) is 32.6 Å². The molecule has 2 fully saturated rings. The second-order valence-corrected chi connectivity index (χ2v) is 5.18. The average Bonchev–Trinajstić information content (AvgIpc) is 3.05. The van der Waals surface area contributed by atoms with Crippen molar-refractivity contribution >= 4 is 11.9 Å². The molecule has 2 aliphatic carbocycles. The first-order valence-electron chi connectivity index (χ1n) is 6.08. The van der Waals surface area contributed by atoms with Crippen LogP contribution in [0.5, 0.6) is 0 Å².